The summed E-state index contributed by atoms with van der Waals surface area (Å²) >= 11 is 0. The lowest BCUT2D eigenvalue weighted by Crippen LogP contribution is -2.48. The topological polar surface area (TPSA) is 115 Å². The minimum Gasteiger partial charge on any atom is -0.496 e. The molecule has 0 bridgehead atoms. The molecule has 2 amide bonds. The lowest BCUT2D eigenvalue weighted by molar-refractivity contribution is -0.123. The first kappa shape index (κ1) is 33.4. The van der Waals surface area contributed by atoms with Crippen LogP contribution in [0.5, 0.6) is 0 Å². The Morgan fingerprint density at radius 1 is 1.15 bits per heavy atom. The van der Waals surface area contributed by atoms with Crippen LogP contribution in [0.4, 0.5) is 0 Å². The zero-order valence-electron chi connectivity index (χ0n) is 25.4. The van der Waals surface area contributed by atoms with Gasteiger partial charge in [-0.3, -0.25) is 14.3 Å². The number of aryl methyl sites for hydroxylation is 1. The Labute approximate surface area is 244 Å². The maximum Gasteiger partial charge on any atom is 0.272 e. The van der Waals surface area contributed by atoms with E-state index in [1.54, 1.807) is 31.0 Å². The third kappa shape index (κ3) is 9.08. The van der Waals surface area contributed by atoms with Gasteiger partial charge >= 0.3 is 0 Å². The van der Waals surface area contributed by atoms with E-state index in [1.165, 1.54) is 0 Å². The van der Waals surface area contributed by atoms with Gasteiger partial charge in [-0.1, -0.05) is 57.7 Å². The number of methoxy groups -OCH3 is 2. The summed E-state index contributed by atoms with van der Waals surface area (Å²) in [6.07, 6.45) is 4.21. The number of benzene rings is 1. The van der Waals surface area contributed by atoms with Gasteiger partial charge < -0.3 is 25.2 Å². The molecule has 3 N–H and O–H groups in total. The number of aliphatic hydroxyl groups is 1. The van der Waals surface area contributed by atoms with Crippen LogP contribution in [0.2, 0.25) is 0 Å². The third-order valence-corrected chi connectivity index (χ3v) is 7.12. The molecule has 3 atom stereocenters. The van der Waals surface area contributed by atoms with Crippen LogP contribution in [0.3, 0.4) is 0 Å². The number of carbonyl (C=O) groups excluding carboxylic acids is 2. The lowest BCUT2D eigenvalue weighted by Gasteiger charge is -2.22. The van der Waals surface area contributed by atoms with Gasteiger partial charge in [0.1, 0.15) is 17.6 Å². The Bertz CT molecular complexity index is 1220. The molecule has 9 nitrogen and oxygen atoms in total. The summed E-state index contributed by atoms with van der Waals surface area (Å²) in [6, 6.07) is 10.5. The molecule has 9 heteroatoms. The van der Waals surface area contributed by atoms with E-state index in [9.17, 15) is 14.7 Å². The van der Waals surface area contributed by atoms with Crippen molar-refractivity contribution in [2.75, 3.05) is 20.8 Å². The van der Waals surface area contributed by atoms with Gasteiger partial charge in [0.2, 0.25) is 5.91 Å². The molecule has 0 saturated heterocycles. The van der Waals surface area contributed by atoms with Crippen LogP contribution in [-0.4, -0.2) is 59.6 Å². The standard InChI is InChI=1S/C32H46N4O5/c1-9-24(37)20-33-31(38)25(18-17-23-15-13-12-14-16-23)34-32(39)26-19-27(36(35-26)22(6)21(4)5)30(28(10-2)40-7)29(11-3)41-8/h10-16,19,21-22,24-25,37H,2,9,17-18,20H2,1,3-8H3,(H,33,38)(H,34,39)/b29-11+,30-28+. The molecule has 1 aromatic heterocycles. The fraction of sp³-hybridized carbons (Fsp3) is 0.469. The number of rotatable bonds is 16. The van der Waals surface area contributed by atoms with Crippen molar-refractivity contribution in [3.8, 4) is 0 Å². The average molecular weight is 567 g/mol. The van der Waals surface area contributed by atoms with Gasteiger partial charge in [0.15, 0.2) is 5.69 Å². The third-order valence-electron chi connectivity index (χ3n) is 7.12. The molecule has 1 aromatic carbocycles. The normalized spacial score (nSPS) is 14.5. The summed E-state index contributed by atoms with van der Waals surface area (Å²) in [4.78, 5) is 26.8. The molecule has 0 aliphatic carbocycles. The molecule has 0 aliphatic heterocycles. The van der Waals surface area contributed by atoms with Crippen molar-refractivity contribution < 1.29 is 24.2 Å². The number of nitrogens with zero attached hydrogens (tertiary/aromatic N) is 2. The van der Waals surface area contributed by atoms with E-state index in [4.69, 9.17) is 14.6 Å². The second-order valence-electron chi connectivity index (χ2n) is 10.2. The number of aliphatic hydroxyl groups excluding tert-OH is 1. The molecule has 0 aliphatic rings. The van der Waals surface area contributed by atoms with Crippen LogP contribution >= 0.6 is 0 Å². The minimum atomic E-state index is -0.828. The number of carbonyl (C=O) groups is 2. The molecule has 0 saturated carbocycles. The van der Waals surface area contributed by atoms with E-state index in [0.717, 1.165) is 5.56 Å². The second-order valence-corrected chi connectivity index (χ2v) is 10.2. The molecule has 1 heterocycles. The first-order valence-electron chi connectivity index (χ1n) is 14.1. The van der Waals surface area contributed by atoms with Crippen molar-refractivity contribution in [3.63, 3.8) is 0 Å². The maximum atomic E-state index is 13.6. The highest BCUT2D eigenvalue weighted by molar-refractivity contribution is 5.97. The summed E-state index contributed by atoms with van der Waals surface area (Å²) in [5, 5.41) is 20.3. The van der Waals surface area contributed by atoms with E-state index in [1.807, 2.05) is 57.2 Å². The highest BCUT2D eigenvalue weighted by atomic mass is 16.5. The van der Waals surface area contributed by atoms with Crippen molar-refractivity contribution in [2.24, 2.45) is 5.92 Å². The molecule has 3 unspecified atom stereocenters. The zero-order chi connectivity index (χ0) is 30.5. The van der Waals surface area contributed by atoms with Gasteiger partial charge in [-0.25, -0.2) is 0 Å². The highest BCUT2D eigenvalue weighted by Gasteiger charge is 2.28. The summed E-state index contributed by atoms with van der Waals surface area (Å²) in [5.74, 6) is 0.369. The van der Waals surface area contributed by atoms with Crippen LogP contribution < -0.4 is 10.6 Å². The van der Waals surface area contributed by atoms with Crippen LogP contribution in [0.15, 0.2) is 66.6 Å². The van der Waals surface area contributed by atoms with Crippen LogP contribution in [-0.2, 0) is 20.7 Å². The van der Waals surface area contributed by atoms with Gasteiger partial charge in [0.25, 0.3) is 5.91 Å². The fourth-order valence-electron chi connectivity index (χ4n) is 4.25. The van der Waals surface area contributed by atoms with E-state index in [2.05, 4.69) is 31.1 Å². The molecule has 41 heavy (non-hydrogen) atoms. The molecule has 0 radical (unpaired) electrons. The molecule has 224 valence electrons. The van der Waals surface area contributed by atoms with Crippen molar-refractivity contribution in [1.29, 1.82) is 0 Å². The molecular formula is C32H46N4O5. The monoisotopic (exact) mass is 566 g/mol. The fourth-order valence-corrected chi connectivity index (χ4v) is 4.25. The molecular weight excluding hydrogens is 520 g/mol. The SMILES string of the molecule is C=C/C(OC)=C(\C(=C/C)OC)c1cc(C(=O)NC(CCc2ccccc2)C(=O)NCC(O)CC)nn1C(C)C(C)C. The summed E-state index contributed by atoms with van der Waals surface area (Å²) in [6.45, 7) is 13.9. The predicted octanol–water partition coefficient (Wildman–Crippen LogP) is 4.81. The van der Waals surface area contributed by atoms with Gasteiger partial charge in [-0.05, 0) is 62.8 Å². The van der Waals surface area contributed by atoms with Gasteiger partial charge in [-0.15, -0.1) is 0 Å². The number of hydrogen-bond acceptors (Lipinski definition) is 6. The summed E-state index contributed by atoms with van der Waals surface area (Å²) in [7, 11) is 3.11. The number of nitrogens with one attached hydrogen (secondary N) is 2. The zero-order valence-corrected chi connectivity index (χ0v) is 25.4. The Kier molecular flexibility index (Phi) is 13.4. The van der Waals surface area contributed by atoms with Crippen molar-refractivity contribution >= 4 is 17.4 Å². The van der Waals surface area contributed by atoms with Crippen LogP contribution in [0.1, 0.15) is 75.2 Å². The van der Waals surface area contributed by atoms with Crippen molar-refractivity contribution in [1.82, 2.24) is 20.4 Å². The second kappa shape index (κ2) is 16.4. The lowest BCUT2D eigenvalue weighted by atomic mass is 10.0. The first-order valence-corrected chi connectivity index (χ1v) is 14.1. The highest BCUT2D eigenvalue weighted by Crippen LogP contribution is 2.32. The van der Waals surface area contributed by atoms with Crippen molar-refractivity contribution in [3.05, 3.63) is 83.6 Å². The smallest absolute Gasteiger partial charge is 0.272 e. The largest absolute Gasteiger partial charge is 0.496 e. The van der Waals surface area contributed by atoms with E-state index >= 15 is 0 Å². The predicted molar refractivity (Wildman–Crippen MR) is 162 cm³/mol. The Morgan fingerprint density at radius 2 is 1.83 bits per heavy atom. The Morgan fingerprint density at radius 3 is 2.37 bits per heavy atom. The molecule has 2 rings (SSSR count). The molecule has 2 aromatic rings. The number of aromatic nitrogens is 2. The van der Waals surface area contributed by atoms with Gasteiger partial charge in [-0.2, -0.15) is 5.10 Å². The van der Waals surface area contributed by atoms with Gasteiger partial charge in [0.05, 0.1) is 37.6 Å². The van der Waals surface area contributed by atoms with E-state index in [-0.39, 0.29) is 30.1 Å². The Balaban J connectivity index is 2.51. The van der Waals surface area contributed by atoms with E-state index in [0.29, 0.717) is 42.0 Å². The number of allylic oxidation sites excluding steroid dienone is 3. The van der Waals surface area contributed by atoms with E-state index < -0.39 is 18.1 Å². The quantitative estimate of drug-likeness (QED) is 0.198. The van der Waals surface area contributed by atoms with Crippen molar-refractivity contribution in [2.45, 2.75) is 72.1 Å². The van der Waals surface area contributed by atoms with Crippen LogP contribution in [0.25, 0.3) is 5.57 Å². The van der Waals surface area contributed by atoms with Gasteiger partial charge in [0, 0.05) is 6.54 Å². The minimum absolute atomic E-state index is 0.0767. The number of hydrogen-bond donors (Lipinski definition) is 3. The first-order chi connectivity index (χ1) is 19.6. The summed E-state index contributed by atoms with van der Waals surface area (Å²) in [5.41, 5.74) is 2.44. The molecule has 0 spiro atoms. The average Bonchev–Trinajstić information content (AvgIpc) is 3.42. The van der Waals surface area contributed by atoms with Crippen LogP contribution in [0, 0.1) is 5.92 Å². The summed E-state index contributed by atoms with van der Waals surface area (Å²) < 4.78 is 13.1. The maximum absolute atomic E-state index is 13.6. The molecule has 0 fully saturated rings. The Hall–Kier alpha value is -3.85. The number of amides is 2. The number of ether oxygens (including phenoxy) is 2.